The third kappa shape index (κ3) is 3.41. The van der Waals surface area contributed by atoms with Gasteiger partial charge in [0.1, 0.15) is 5.82 Å². The molecule has 1 aliphatic heterocycles. The van der Waals surface area contributed by atoms with Crippen molar-refractivity contribution in [3.63, 3.8) is 0 Å². The van der Waals surface area contributed by atoms with Gasteiger partial charge in [0.05, 0.1) is 5.52 Å². The fraction of sp³-hybridized carbons (Fsp3) is 0.462. The first kappa shape index (κ1) is 18.6. The number of fused-ring (bicyclic) bond motifs is 3. The Hall–Kier alpha value is -2.42. The molecular weight excluding hydrogens is 354 g/mol. The summed E-state index contributed by atoms with van der Waals surface area (Å²) in [4.78, 5) is 12.7. The van der Waals surface area contributed by atoms with Crippen molar-refractivity contribution < 1.29 is 0 Å². The van der Waals surface area contributed by atoms with Crippen LogP contribution in [-0.2, 0) is 0 Å². The van der Waals surface area contributed by atoms with E-state index in [0.717, 1.165) is 29.3 Å². The van der Waals surface area contributed by atoms with Gasteiger partial charge in [0, 0.05) is 23.5 Å². The largest absolute Gasteiger partial charge is 0.352 e. The second-order valence-electron chi connectivity index (χ2n) is 10.4. The molecule has 3 nitrogen and oxygen atoms in total. The van der Waals surface area contributed by atoms with Crippen LogP contribution in [0.25, 0.3) is 22.3 Å². The summed E-state index contributed by atoms with van der Waals surface area (Å²) in [5, 5.41) is 1.18. The molecule has 0 spiro atoms. The minimum atomic E-state index is 0.361. The number of aryl methyl sites for hydroxylation is 1. The van der Waals surface area contributed by atoms with E-state index >= 15 is 0 Å². The molecule has 1 aromatic heterocycles. The Bertz CT molecular complexity index is 1070. The Morgan fingerprint density at radius 1 is 1.00 bits per heavy atom. The lowest BCUT2D eigenvalue weighted by molar-refractivity contribution is 0.198. The molecule has 0 radical (unpaired) electrons. The molecule has 0 N–H and O–H groups in total. The standard InChI is InChI=1S/C26H31N3/c1-18-8-7-9-19(14-18)23-27-22-11-6-5-10-21(22)24(28-23)29-17-26(4)15-20(29)12-13-25(2,3)16-26/h5-11,14,20H,12-13,15-17H2,1-4H3. The Morgan fingerprint density at radius 3 is 2.66 bits per heavy atom. The van der Waals surface area contributed by atoms with E-state index in [1.807, 2.05) is 0 Å². The summed E-state index contributed by atoms with van der Waals surface area (Å²) in [5.74, 6) is 1.97. The molecule has 3 heteroatoms. The maximum absolute atomic E-state index is 5.17. The number of para-hydroxylation sites is 1. The van der Waals surface area contributed by atoms with Gasteiger partial charge in [-0.2, -0.15) is 0 Å². The number of hydrogen-bond acceptors (Lipinski definition) is 3. The van der Waals surface area contributed by atoms with Crippen molar-refractivity contribution in [2.24, 2.45) is 10.8 Å². The average molecular weight is 386 g/mol. The van der Waals surface area contributed by atoms with Gasteiger partial charge in [-0.25, -0.2) is 9.97 Å². The fourth-order valence-electron chi connectivity index (χ4n) is 5.91. The number of benzene rings is 2. The zero-order chi connectivity index (χ0) is 20.2. The Kier molecular flexibility index (Phi) is 4.20. The van der Waals surface area contributed by atoms with Crippen LogP contribution in [0.15, 0.2) is 48.5 Å². The summed E-state index contributed by atoms with van der Waals surface area (Å²) >= 11 is 0. The van der Waals surface area contributed by atoms with Gasteiger partial charge in [0.2, 0.25) is 0 Å². The monoisotopic (exact) mass is 385 g/mol. The number of anilines is 1. The van der Waals surface area contributed by atoms with Crippen molar-refractivity contribution in [3.05, 3.63) is 54.1 Å². The molecule has 150 valence electrons. The minimum Gasteiger partial charge on any atom is -0.352 e. The van der Waals surface area contributed by atoms with Crippen molar-refractivity contribution in [2.45, 2.75) is 59.4 Å². The van der Waals surface area contributed by atoms with Gasteiger partial charge in [0.25, 0.3) is 0 Å². The van der Waals surface area contributed by atoms with Crippen molar-refractivity contribution >= 4 is 16.7 Å². The van der Waals surface area contributed by atoms with Crippen LogP contribution in [0.4, 0.5) is 5.82 Å². The topological polar surface area (TPSA) is 29.0 Å². The molecule has 2 atom stereocenters. The molecular formula is C26H31N3. The molecule has 1 aliphatic carbocycles. The molecule has 1 saturated carbocycles. The average Bonchev–Trinajstić information content (AvgIpc) is 2.94. The molecule has 2 aromatic carbocycles. The number of nitrogens with zero attached hydrogens (tertiary/aromatic N) is 3. The summed E-state index contributed by atoms with van der Waals surface area (Å²) in [5.41, 5.74) is 4.18. The van der Waals surface area contributed by atoms with Crippen molar-refractivity contribution in [1.29, 1.82) is 0 Å². The van der Waals surface area contributed by atoms with Crippen LogP contribution >= 0.6 is 0 Å². The van der Waals surface area contributed by atoms with Gasteiger partial charge < -0.3 is 4.90 Å². The van der Waals surface area contributed by atoms with Crippen molar-refractivity contribution in [2.75, 3.05) is 11.4 Å². The predicted molar refractivity (Wildman–Crippen MR) is 121 cm³/mol. The third-order valence-corrected chi connectivity index (χ3v) is 6.91. The molecule has 2 unspecified atom stereocenters. The van der Waals surface area contributed by atoms with Gasteiger partial charge in [-0.15, -0.1) is 0 Å². The van der Waals surface area contributed by atoms with Crippen LogP contribution in [-0.4, -0.2) is 22.6 Å². The smallest absolute Gasteiger partial charge is 0.162 e. The van der Waals surface area contributed by atoms with Gasteiger partial charge >= 0.3 is 0 Å². The SMILES string of the molecule is Cc1cccc(-c2nc(N3CC4(C)CC3CCC(C)(C)C4)c3ccccc3n2)c1. The van der Waals surface area contributed by atoms with E-state index in [-0.39, 0.29) is 0 Å². The van der Waals surface area contributed by atoms with Crippen molar-refractivity contribution in [3.8, 4) is 11.4 Å². The number of rotatable bonds is 2. The summed E-state index contributed by atoms with van der Waals surface area (Å²) in [6, 6.07) is 17.6. The van der Waals surface area contributed by atoms with E-state index in [1.54, 1.807) is 0 Å². The summed E-state index contributed by atoms with van der Waals surface area (Å²) in [6.07, 6.45) is 5.10. The lowest BCUT2D eigenvalue weighted by Crippen LogP contribution is -2.35. The first-order chi connectivity index (χ1) is 13.8. The predicted octanol–water partition coefficient (Wildman–Crippen LogP) is 6.40. The number of aromatic nitrogens is 2. The molecule has 2 fully saturated rings. The molecule has 2 bridgehead atoms. The first-order valence-electron chi connectivity index (χ1n) is 10.9. The summed E-state index contributed by atoms with van der Waals surface area (Å²) < 4.78 is 0. The highest BCUT2D eigenvalue weighted by Crippen LogP contribution is 2.51. The normalized spacial score (nSPS) is 25.9. The van der Waals surface area contributed by atoms with E-state index < -0.39 is 0 Å². The van der Waals surface area contributed by atoms with Crippen LogP contribution in [0, 0.1) is 17.8 Å². The number of hydrogen-bond donors (Lipinski definition) is 0. The lowest BCUT2D eigenvalue weighted by atomic mass is 9.73. The second kappa shape index (κ2) is 6.55. The maximum Gasteiger partial charge on any atom is 0.162 e. The highest BCUT2D eigenvalue weighted by atomic mass is 15.3. The summed E-state index contributed by atoms with van der Waals surface area (Å²) in [6.45, 7) is 10.6. The molecule has 5 rings (SSSR count). The fourth-order valence-corrected chi connectivity index (χ4v) is 5.91. The third-order valence-electron chi connectivity index (χ3n) is 6.91. The van der Waals surface area contributed by atoms with Crippen LogP contribution in [0.1, 0.15) is 52.0 Å². The molecule has 3 aromatic rings. The zero-order valence-corrected chi connectivity index (χ0v) is 18.1. The second-order valence-corrected chi connectivity index (χ2v) is 10.4. The van der Waals surface area contributed by atoms with Crippen LogP contribution < -0.4 is 4.90 Å². The quantitative estimate of drug-likeness (QED) is 0.511. The van der Waals surface area contributed by atoms with Gasteiger partial charge in [-0.05, 0) is 61.6 Å². The highest BCUT2D eigenvalue weighted by Gasteiger charge is 2.47. The van der Waals surface area contributed by atoms with E-state index in [9.17, 15) is 0 Å². The summed E-state index contributed by atoms with van der Waals surface area (Å²) in [7, 11) is 0. The molecule has 29 heavy (non-hydrogen) atoms. The van der Waals surface area contributed by atoms with Crippen LogP contribution in [0.2, 0.25) is 0 Å². The Labute approximate surface area is 174 Å². The van der Waals surface area contributed by atoms with E-state index in [1.165, 1.54) is 36.6 Å². The Morgan fingerprint density at radius 2 is 1.83 bits per heavy atom. The first-order valence-corrected chi connectivity index (χ1v) is 10.9. The Balaban J connectivity index is 1.63. The maximum atomic E-state index is 5.17. The van der Waals surface area contributed by atoms with Crippen molar-refractivity contribution in [1.82, 2.24) is 9.97 Å². The minimum absolute atomic E-state index is 0.361. The van der Waals surface area contributed by atoms with Gasteiger partial charge in [-0.1, -0.05) is 56.7 Å². The van der Waals surface area contributed by atoms with Gasteiger partial charge in [0.15, 0.2) is 5.82 Å². The highest BCUT2D eigenvalue weighted by molar-refractivity contribution is 5.91. The van der Waals surface area contributed by atoms with Gasteiger partial charge in [-0.3, -0.25) is 0 Å². The zero-order valence-electron chi connectivity index (χ0n) is 18.1. The van der Waals surface area contributed by atoms with E-state index in [2.05, 4.69) is 81.1 Å². The van der Waals surface area contributed by atoms with Crippen LogP contribution in [0.5, 0.6) is 0 Å². The van der Waals surface area contributed by atoms with Crippen LogP contribution in [0.3, 0.4) is 0 Å². The van der Waals surface area contributed by atoms with E-state index in [4.69, 9.17) is 9.97 Å². The lowest BCUT2D eigenvalue weighted by Gasteiger charge is -2.36. The molecule has 2 heterocycles. The van der Waals surface area contributed by atoms with E-state index in [0.29, 0.717) is 16.9 Å². The molecule has 0 amide bonds. The molecule has 2 aliphatic rings. The molecule has 1 saturated heterocycles.